The maximum absolute atomic E-state index is 6.41. The average molecular weight is 244 g/mol. The number of rotatable bonds is 0. The van der Waals surface area contributed by atoms with Gasteiger partial charge in [-0.1, -0.05) is 24.3 Å². The number of nitrogens with one attached hydrogen (secondary N) is 1. The van der Waals surface area contributed by atoms with Crippen molar-refractivity contribution in [3.05, 3.63) is 46.7 Å². The second-order valence-electron chi connectivity index (χ2n) is 5.09. The van der Waals surface area contributed by atoms with E-state index in [-0.39, 0.29) is 0 Å². The molecule has 3 N–H and O–H groups in total. The van der Waals surface area contributed by atoms with Crippen LogP contribution in [0.5, 0.6) is 0 Å². The standard InChI is InChI=1S/C14H16N2S/c15-13-8-4-1-2-6-10(8)16-14-12(13)9-5-3-7-11(9)17-14/h1-2,4,6,10-11,14,16H,3,5,7,15H2. The van der Waals surface area contributed by atoms with Crippen LogP contribution in [0.25, 0.3) is 0 Å². The maximum atomic E-state index is 6.41. The SMILES string of the molecule is NC1=C2C=CC=CC2NC2SC3CCCC3=C12. The molecular weight excluding hydrogens is 228 g/mol. The lowest BCUT2D eigenvalue weighted by Gasteiger charge is -2.32. The summed E-state index contributed by atoms with van der Waals surface area (Å²) in [5.74, 6) is 0. The molecule has 2 aliphatic carbocycles. The normalized spacial score (nSPS) is 38.5. The van der Waals surface area contributed by atoms with Gasteiger partial charge in [0.15, 0.2) is 0 Å². The molecule has 17 heavy (non-hydrogen) atoms. The summed E-state index contributed by atoms with van der Waals surface area (Å²) in [7, 11) is 0. The van der Waals surface area contributed by atoms with Crippen molar-refractivity contribution in [3.63, 3.8) is 0 Å². The quantitative estimate of drug-likeness (QED) is 0.686. The first-order valence-corrected chi connectivity index (χ1v) is 7.28. The molecule has 3 unspecified atom stereocenters. The molecule has 0 aromatic heterocycles. The Labute approximate surface area is 106 Å². The van der Waals surface area contributed by atoms with Crippen molar-refractivity contribution in [3.8, 4) is 0 Å². The van der Waals surface area contributed by atoms with Crippen molar-refractivity contribution in [1.82, 2.24) is 5.32 Å². The molecule has 0 spiro atoms. The molecule has 4 rings (SSSR count). The summed E-state index contributed by atoms with van der Waals surface area (Å²) < 4.78 is 0. The number of hydrogen-bond donors (Lipinski definition) is 2. The molecule has 1 fully saturated rings. The van der Waals surface area contributed by atoms with Crippen LogP contribution in [0.1, 0.15) is 19.3 Å². The van der Waals surface area contributed by atoms with Gasteiger partial charge in [0.2, 0.25) is 0 Å². The van der Waals surface area contributed by atoms with Crippen molar-refractivity contribution in [1.29, 1.82) is 0 Å². The van der Waals surface area contributed by atoms with Crippen LogP contribution < -0.4 is 11.1 Å². The zero-order chi connectivity index (χ0) is 11.4. The molecule has 2 aliphatic heterocycles. The van der Waals surface area contributed by atoms with Crippen molar-refractivity contribution >= 4 is 11.8 Å². The van der Waals surface area contributed by atoms with Crippen LogP contribution in [0.3, 0.4) is 0 Å². The lowest BCUT2D eigenvalue weighted by Crippen LogP contribution is -2.43. The van der Waals surface area contributed by atoms with E-state index in [2.05, 4.69) is 41.4 Å². The smallest absolute Gasteiger partial charge is 0.0822 e. The first-order valence-electron chi connectivity index (χ1n) is 6.34. The fraction of sp³-hybridized carbons (Fsp3) is 0.429. The van der Waals surface area contributed by atoms with Crippen LogP contribution in [0.2, 0.25) is 0 Å². The van der Waals surface area contributed by atoms with E-state index >= 15 is 0 Å². The first-order chi connectivity index (χ1) is 8.34. The van der Waals surface area contributed by atoms with Crippen LogP contribution in [-0.2, 0) is 0 Å². The Kier molecular flexibility index (Phi) is 2.08. The maximum Gasteiger partial charge on any atom is 0.0822 e. The largest absolute Gasteiger partial charge is 0.398 e. The number of fused-ring (bicyclic) bond motifs is 3. The summed E-state index contributed by atoms with van der Waals surface area (Å²) in [4.78, 5) is 0. The fourth-order valence-corrected chi connectivity index (χ4v) is 5.05. The van der Waals surface area contributed by atoms with E-state index in [1.165, 1.54) is 30.4 Å². The molecule has 0 amide bonds. The summed E-state index contributed by atoms with van der Waals surface area (Å²) in [6.45, 7) is 0. The van der Waals surface area contributed by atoms with Gasteiger partial charge in [-0.2, -0.15) is 0 Å². The van der Waals surface area contributed by atoms with Crippen molar-refractivity contribution < 1.29 is 0 Å². The minimum atomic E-state index is 0.320. The van der Waals surface area contributed by atoms with Crippen LogP contribution >= 0.6 is 11.8 Å². The van der Waals surface area contributed by atoms with Crippen LogP contribution in [0, 0.1) is 0 Å². The van der Waals surface area contributed by atoms with Gasteiger partial charge in [-0.25, -0.2) is 0 Å². The zero-order valence-corrected chi connectivity index (χ0v) is 10.5. The monoisotopic (exact) mass is 244 g/mol. The van der Waals surface area contributed by atoms with E-state index in [0.717, 1.165) is 10.9 Å². The van der Waals surface area contributed by atoms with Gasteiger partial charge in [0, 0.05) is 16.5 Å². The highest BCUT2D eigenvalue weighted by molar-refractivity contribution is 8.01. The molecule has 3 atom stereocenters. The Morgan fingerprint density at radius 1 is 1.35 bits per heavy atom. The van der Waals surface area contributed by atoms with Gasteiger partial charge in [0.05, 0.1) is 11.4 Å². The van der Waals surface area contributed by atoms with Gasteiger partial charge in [-0.15, -0.1) is 11.8 Å². The number of thioether (sulfide) groups is 1. The second-order valence-corrected chi connectivity index (χ2v) is 6.41. The Bertz CT molecular complexity index is 498. The fourth-order valence-electron chi connectivity index (χ4n) is 3.37. The summed E-state index contributed by atoms with van der Waals surface area (Å²) >= 11 is 2.07. The van der Waals surface area contributed by atoms with E-state index in [4.69, 9.17) is 5.73 Å². The Balaban J connectivity index is 1.86. The number of hydrogen-bond acceptors (Lipinski definition) is 3. The Hall–Kier alpha value is -0.930. The second kappa shape index (κ2) is 3.53. The highest BCUT2D eigenvalue weighted by Crippen LogP contribution is 2.50. The lowest BCUT2D eigenvalue weighted by molar-refractivity contribution is 0.637. The number of nitrogens with two attached hydrogens (primary N) is 1. The van der Waals surface area contributed by atoms with Crippen molar-refractivity contribution in [2.45, 2.75) is 35.9 Å². The van der Waals surface area contributed by atoms with Crippen LogP contribution in [0.4, 0.5) is 0 Å². The van der Waals surface area contributed by atoms with Gasteiger partial charge < -0.3 is 5.73 Å². The Morgan fingerprint density at radius 3 is 3.24 bits per heavy atom. The molecule has 88 valence electrons. The molecule has 2 heterocycles. The van der Waals surface area contributed by atoms with E-state index in [1.54, 1.807) is 5.57 Å². The molecule has 4 aliphatic rings. The summed E-state index contributed by atoms with van der Waals surface area (Å²) in [5.41, 5.74) is 11.8. The molecule has 1 saturated carbocycles. The third-order valence-electron chi connectivity index (χ3n) is 4.17. The van der Waals surface area contributed by atoms with Gasteiger partial charge in [0.1, 0.15) is 0 Å². The van der Waals surface area contributed by atoms with Gasteiger partial charge >= 0.3 is 0 Å². The van der Waals surface area contributed by atoms with E-state index in [9.17, 15) is 0 Å². The molecule has 2 nitrogen and oxygen atoms in total. The lowest BCUT2D eigenvalue weighted by atomic mass is 9.90. The highest BCUT2D eigenvalue weighted by atomic mass is 32.2. The average Bonchev–Trinajstić information content (AvgIpc) is 2.89. The van der Waals surface area contributed by atoms with E-state index < -0.39 is 0 Å². The van der Waals surface area contributed by atoms with Crippen molar-refractivity contribution in [2.75, 3.05) is 0 Å². The van der Waals surface area contributed by atoms with E-state index in [1.807, 2.05) is 0 Å². The summed E-state index contributed by atoms with van der Waals surface area (Å²) in [6.07, 6.45) is 12.5. The minimum absolute atomic E-state index is 0.320. The van der Waals surface area contributed by atoms with Crippen molar-refractivity contribution in [2.24, 2.45) is 5.73 Å². The zero-order valence-electron chi connectivity index (χ0n) is 9.65. The summed E-state index contributed by atoms with van der Waals surface area (Å²) in [6, 6.07) is 0.320. The third-order valence-corrected chi connectivity index (χ3v) is 5.66. The predicted molar refractivity (Wildman–Crippen MR) is 72.5 cm³/mol. The number of allylic oxidation sites excluding steroid dienone is 2. The summed E-state index contributed by atoms with van der Waals surface area (Å²) in [5, 5.41) is 4.87. The topological polar surface area (TPSA) is 38.0 Å². The molecule has 3 heteroatoms. The van der Waals surface area contributed by atoms with Gasteiger partial charge in [0.25, 0.3) is 0 Å². The molecule has 0 bridgehead atoms. The highest BCUT2D eigenvalue weighted by Gasteiger charge is 2.41. The van der Waals surface area contributed by atoms with Crippen LogP contribution in [0.15, 0.2) is 46.7 Å². The van der Waals surface area contributed by atoms with Gasteiger partial charge in [-0.05, 0) is 30.4 Å². The molecule has 0 aromatic rings. The van der Waals surface area contributed by atoms with Gasteiger partial charge in [-0.3, -0.25) is 5.32 Å². The third kappa shape index (κ3) is 1.33. The Morgan fingerprint density at radius 2 is 2.29 bits per heavy atom. The molecule has 0 saturated heterocycles. The minimum Gasteiger partial charge on any atom is -0.398 e. The molecule has 0 radical (unpaired) electrons. The predicted octanol–water partition coefficient (Wildman–Crippen LogP) is 2.22. The first kappa shape index (κ1) is 10.0. The molecular formula is C14H16N2S. The molecule has 0 aromatic carbocycles. The van der Waals surface area contributed by atoms with Crippen LogP contribution in [-0.4, -0.2) is 16.7 Å². The van der Waals surface area contributed by atoms with E-state index in [0.29, 0.717) is 11.4 Å².